The number of hydrogen-bond acceptors (Lipinski definition) is 4. The Morgan fingerprint density at radius 3 is 2.79 bits per heavy atom. The van der Waals surface area contributed by atoms with E-state index in [-0.39, 0.29) is 12.8 Å². The Morgan fingerprint density at radius 2 is 2.21 bits per heavy atom. The molecule has 0 aromatic heterocycles. The van der Waals surface area contributed by atoms with Crippen LogP contribution in [0.2, 0.25) is 0 Å². The van der Waals surface area contributed by atoms with E-state index in [0.29, 0.717) is 11.3 Å². The van der Waals surface area contributed by atoms with Crippen molar-refractivity contribution in [2.24, 2.45) is 5.73 Å². The standard InChI is InChI=1S/C13H15N3O3/c1-8-2-3-9(7-14)6-11(8)16-13(19)10(15)4-5-12(17)18/h2-3,6,10H,4-5,15H2,1H3,(H,16,19)(H,17,18). The van der Waals surface area contributed by atoms with Gasteiger partial charge >= 0.3 is 5.97 Å². The second-order valence-electron chi connectivity index (χ2n) is 4.17. The van der Waals surface area contributed by atoms with E-state index in [2.05, 4.69) is 5.32 Å². The first-order valence-corrected chi connectivity index (χ1v) is 5.73. The van der Waals surface area contributed by atoms with Gasteiger partial charge in [-0.1, -0.05) is 6.07 Å². The van der Waals surface area contributed by atoms with Gasteiger partial charge in [-0.05, 0) is 31.0 Å². The lowest BCUT2D eigenvalue weighted by Gasteiger charge is -2.13. The van der Waals surface area contributed by atoms with E-state index in [9.17, 15) is 9.59 Å². The van der Waals surface area contributed by atoms with Gasteiger partial charge in [-0.2, -0.15) is 5.26 Å². The van der Waals surface area contributed by atoms with E-state index < -0.39 is 17.9 Å². The number of nitrogens with two attached hydrogens (primary N) is 1. The van der Waals surface area contributed by atoms with E-state index in [1.807, 2.05) is 6.07 Å². The van der Waals surface area contributed by atoms with Crippen LogP contribution in [0.5, 0.6) is 0 Å². The predicted octanol–water partition coefficient (Wildman–Crippen LogP) is 0.997. The SMILES string of the molecule is Cc1ccc(C#N)cc1NC(=O)C(N)CCC(=O)O. The third-order valence-electron chi connectivity index (χ3n) is 2.63. The highest BCUT2D eigenvalue weighted by atomic mass is 16.4. The fourth-order valence-corrected chi connectivity index (χ4v) is 1.46. The van der Waals surface area contributed by atoms with E-state index in [1.165, 1.54) is 0 Å². The van der Waals surface area contributed by atoms with Crippen molar-refractivity contribution in [1.29, 1.82) is 5.26 Å². The van der Waals surface area contributed by atoms with Gasteiger partial charge in [-0.15, -0.1) is 0 Å². The molecule has 0 heterocycles. The number of anilines is 1. The van der Waals surface area contributed by atoms with Gasteiger partial charge in [0.2, 0.25) is 5.91 Å². The van der Waals surface area contributed by atoms with Gasteiger partial charge in [-0.25, -0.2) is 0 Å². The van der Waals surface area contributed by atoms with Crippen LogP contribution in [0.4, 0.5) is 5.69 Å². The number of hydrogen-bond donors (Lipinski definition) is 3. The lowest BCUT2D eigenvalue weighted by atomic mass is 10.1. The molecular formula is C13H15N3O3. The normalized spacial score (nSPS) is 11.4. The summed E-state index contributed by atoms with van der Waals surface area (Å²) >= 11 is 0. The molecule has 19 heavy (non-hydrogen) atoms. The molecule has 100 valence electrons. The van der Waals surface area contributed by atoms with Crippen molar-refractivity contribution < 1.29 is 14.7 Å². The topological polar surface area (TPSA) is 116 Å². The van der Waals surface area contributed by atoms with Crippen molar-refractivity contribution in [2.45, 2.75) is 25.8 Å². The zero-order valence-electron chi connectivity index (χ0n) is 10.5. The molecule has 1 atom stereocenters. The van der Waals surface area contributed by atoms with Gasteiger partial charge in [-0.3, -0.25) is 9.59 Å². The number of carboxylic acid groups (broad SMARTS) is 1. The number of nitrogens with one attached hydrogen (secondary N) is 1. The van der Waals surface area contributed by atoms with Gasteiger partial charge in [0.25, 0.3) is 0 Å². The molecule has 0 radical (unpaired) electrons. The lowest BCUT2D eigenvalue weighted by molar-refractivity contribution is -0.137. The van der Waals surface area contributed by atoms with Gasteiger partial charge in [0, 0.05) is 12.1 Å². The molecule has 0 aliphatic carbocycles. The van der Waals surface area contributed by atoms with Gasteiger partial charge in [0.15, 0.2) is 0 Å². The smallest absolute Gasteiger partial charge is 0.303 e. The molecule has 6 heteroatoms. The predicted molar refractivity (Wildman–Crippen MR) is 69.4 cm³/mol. The molecular weight excluding hydrogens is 246 g/mol. The van der Waals surface area contributed by atoms with Crippen LogP contribution in [-0.2, 0) is 9.59 Å². The quantitative estimate of drug-likeness (QED) is 0.731. The molecule has 0 saturated carbocycles. The zero-order valence-corrected chi connectivity index (χ0v) is 10.5. The first-order valence-electron chi connectivity index (χ1n) is 5.73. The minimum Gasteiger partial charge on any atom is -0.481 e. The number of carbonyl (C=O) groups excluding carboxylic acids is 1. The molecule has 1 amide bonds. The number of aliphatic carboxylic acids is 1. The van der Waals surface area contributed by atoms with Crippen LogP contribution >= 0.6 is 0 Å². The molecule has 0 aliphatic rings. The number of aryl methyl sites for hydroxylation is 1. The van der Waals surface area contributed by atoms with Crippen molar-refractivity contribution in [1.82, 2.24) is 0 Å². The number of carbonyl (C=O) groups is 2. The first kappa shape index (κ1) is 14.7. The Bertz CT molecular complexity index is 534. The summed E-state index contributed by atoms with van der Waals surface area (Å²) in [6.07, 6.45) is -0.0933. The first-order chi connectivity index (χ1) is 8.93. The fraction of sp³-hybridized carbons (Fsp3) is 0.308. The third kappa shape index (κ3) is 4.41. The maximum atomic E-state index is 11.8. The van der Waals surface area contributed by atoms with Gasteiger partial charge < -0.3 is 16.2 Å². The summed E-state index contributed by atoms with van der Waals surface area (Å²) in [5.74, 6) is -1.45. The number of amides is 1. The Kier molecular flexibility index (Phi) is 5.03. The highest BCUT2D eigenvalue weighted by Crippen LogP contribution is 2.16. The molecule has 1 aromatic carbocycles. The molecule has 0 aliphatic heterocycles. The highest BCUT2D eigenvalue weighted by Gasteiger charge is 2.15. The van der Waals surface area contributed by atoms with Crippen LogP contribution in [0.3, 0.4) is 0 Å². The highest BCUT2D eigenvalue weighted by molar-refractivity contribution is 5.95. The summed E-state index contributed by atoms with van der Waals surface area (Å²) in [6, 6.07) is 6.01. The Morgan fingerprint density at radius 1 is 1.53 bits per heavy atom. The molecule has 1 rings (SSSR count). The van der Waals surface area contributed by atoms with E-state index >= 15 is 0 Å². The third-order valence-corrected chi connectivity index (χ3v) is 2.63. The number of benzene rings is 1. The van der Waals surface area contributed by atoms with Gasteiger partial charge in [0.1, 0.15) is 0 Å². The molecule has 0 fully saturated rings. The molecule has 1 aromatic rings. The van der Waals surface area contributed by atoms with E-state index in [0.717, 1.165) is 5.56 Å². The molecule has 4 N–H and O–H groups in total. The lowest BCUT2D eigenvalue weighted by Crippen LogP contribution is -2.36. The molecule has 1 unspecified atom stereocenters. The molecule has 0 saturated heterocycles. The van der Waals surface area contributed by atoms with E-state index in [1.54, 1.807) is 25.1 Å². The minimum absolute atomic E-state index is 0.0676. The maximum absolute atomic E-state index is 11.8. The molecule has 0 spiro atoms. The number of carboxylic acids is 1. The van der Waals surface area contributed by atoms with Crippen molar-refractivity contribution in [3.8, 4) is 6.07 Å². The molecule has 6 nitrogen and oxygen atoms in total. The zero-order chi connectivity index (χ0) is 14.4. The van der Waals surface area contributed by atoms with Crippen LogP contribution in [0.1, 0.15) is 24.0 Å². The van der Waals surface area contributed by atoms with E-state index in [4.69, 9.17) is 16.1 Å². The van der Waals surface area contributed by atoms with Crippen LogP contribution < -0.4 is 11.1 Å². The summed E-state index contributed by atoms with van der Waals surface area (Å²) in [4.78, 5) is 22.2. The number of nitrogens with zero attached hydrogens (tertiary/aromatic N) is 1. The number of nitriles is 1. The van der Waals surface area contributed by atoms with Crippen molar-refractivity contribution in [3.05, 3.63) is 29.3 Å². The average molecular weight is 261 g/mol. The Hall–Kier alpha value is -2.39. The van der Waals surface area contributed by atoms with Crippen LogP contribution in [0, 0.1) is 18.3 Å². The Balaban J connectivity index is 2.71. The van der Waals surface area contributed by atoms with Crippen molar-refractivity contribution in [2.75, 3.05) is 5.32 Å². The minimum atomic E-state index is -0.995. The van der Waals surface area contributed by atoms with Crippen molar-refractivity contribution in [3.63, 3.8) is 0 Å². The van der Waals surface area contributed by atoms with Crippen LogP contribution in [0.15, 0.2) is 18.2 Å². The summed E-state index contributed by atoms with van der Waals surface area (Å²) in [5, 5.41) is 19.9. The number of rotatable bonds is 5. The maximum Gasteiger partial charge on any atom is 0.303 e. The van der Waals surface area contributed by atoms with Crippen LogP contribution in [0.25, 0.3) is 0 Å². The molecule has 0 bridgehead atoms. The second-order valence-corrected chi connectivity index (χ2v) is 4.17. The monoisotopic (exact) mass is 261 g/mol. The second kappa shape index (κ2) is 6.52. The largest absolute Gasteiger partial charge is 0.481 e. The summed E-state index contributed by atoms with van der Waals surface area (Å²) in [5.41, 5.74) is 7.34. The average Bonchev–Trinajstić information content (AvgIpc) is 2.38. The van der Waals surface area contributed by atoms with Crippen LogP contribution in [-0.4, -0.2) is 23.0 Å². The summed E-state index contributed by atoms with van der Waals surface area (Å²) < 4.78 is 0. The fourth-order valence-electron chi connectivity index (χ4n) is 1.46. The Labute approximate surface area is 110 Å². The van der Waals surface area contributed by atoms with Crippen molar-refractivity contribution >= 4 is 17.6 Å². The van der Waals surface area contributed by atoms with Gasteiger partial charge in [0.05, 0.1) is 17.7 Å². The summed E-state index contributed by atoms with van der Waals surface area (Å²) in [7, 11) is 0. The summed E-state index contributed by atoms with van der Waals surface area (Å²) in [6.45, 7) is 1.79.